The Kier molecular flexibility index (Phi) is 38.8. The monoisotopic (exact) mass is 1300 g/mol. The molecule has 14 N–H and O–H groups in total. The second-order valence-electron chi connectivity index (χ2n) is 25.7. The Morgan fingerprint density at radius 3 is 0.967 bits per heavy atom. The number of hydrogen-bond acceptors (Lipinski definition) is 18. The molecule has 7 atom stereocenters. The summed E-state index contributed by atoms with van der Waals surface area (Å²) < 4.78 is 21.2. The van der Waals surface area contributed by atoms with Crippen molar-refractivity contribution in [2.24, 2.45) is 0 Å². The van der Waals surface area contributed by atoms with Gasteiger partial charge in [0.2, 0.25) is 53.2 Å². The van der Waals surface area contributed by atoms with Gasteiger partial charge in [0.05, 0.1) is 19.2 Å². The van der Waals surface area contributed by atoms with Crippen LogP contribution in [0.1, 0.15) is 194 Å². The molecule has 0 bridgehead atoms. The van der Waals surface area contributed by atoms with Crippen LogP contribution in [0.25, 0.3) is 0 Å². The average Bonchev–Trinajstić information content (AvgIpc) is 1.45. The molecule has 13 amide bonds. The minimum atomic E-state index is -1.56. The third-order valence-corrected chi connectivity index (χ3v) is 12.2. The Balaban J connectivity index is 6.99. The van der Waals surface area contributed by atoms with Crippen LogP contribution in [0.3, 0.4) is 0 Å². The SMILES string of the molecule is CCCCCCCCC(NC(=O)CNC(=O)C(CCNC(=O)OC(C)(C)C)NC(=O)CNC(=O)C(CCNC(=O)OC(C)(C)C)NC(=O)CCC)C(=O)NC(CCNC(=O)OC(C)(C)C)C(=O)NC(CCNC(=O)OC(C)(C)C)C(=O)NC(C(=O)NCC)C(C)O. The van der Waals surface area contributed by atoms with Crippen molar-refractivity contribution in [3.05, 3.63) is 0 Å². The smallest absolute Gasteiger partial charge is 0.407 e. The zero-order valence-corrected chi connectivity index (χ0v) is 56.6. The van der Waals surface area contributed by atoms with Crippen LogP contribution in [-0.2, 0) is 62.1 Å². The summed E-state index contributed by atoms with van der Waals surface area (Å²) in [6.07, 6.45) is -0.509. The lowest BCUT2D eigenvalue weighted by molar-refractivity contribution is -0.135. The second-order valence-corrected chi connectivity index (χ2v) is 25.7. The first-order valence-electron chi connectivity index (χ1n) is 31.4. The maximum absolute atomic E-state index is 14.5. The summed E-state index contributed by atoms with van der Waals surface area (Å²) in [5.74, 6) is -7.57. The van der Waals surface area contributed by atoms with E-state index in [-0.39, 0.29) is 71.2 Å². The number of carbonyl (C=O) groups is 13. The Morgan fingerprint density at radius 1 is 0.341 bits per heavy atom. The Bertz CT molecular complexity index is 2370. The molecule has 31 heteroatoms. The average molecular weight is 1300 g/mol. The minimum absolute atomic E-state index is 0.0220. The summed E-state index contributed by atoms with van der Waals surface area (Å²) >= 11 is 0. The van der Waals surface area contributed by atoms with Gasteiger partial charge in [0.15, 0.2) is 0 Å². The summed E-state index contributed by atoms with van der Waals surface area (Å²) in [6, 6.07) is -8.63. The van der Waals surface area contributed by atoms with E-state index in [4.69, 9.17) is 18.9 Å². The molecule has 31 nitrogen and oxygen atoms in total. The van der Waals surface area contributed by atoms with Gasteiger partial charge in [-0.25, -0.2) is 19.2 Å². The zero-order chi connectivity index (χ0) is 69.7. The van der Waals surface area contributed by atoms with E-state index >= 15 is 0 Å². The number of ether oxygens (including phenoxy) is 4. The quantitative estimate of drug-likeness (QED) is 0.0308. The van der Waals surface area contributed by atoms with Crippen molar-refractivity contribution in [2.75, 3.05) is 45.8 Å². The first-order chi connectivity index (χ1) is 42.2. The fraction of sp³-hybridized carbons (Fsp3) is 0.783. The molecule has 0 rings (SSSR count). The van der Waals surface area contributed by atoms with E-state index in [9.17, 15) is 67.4 Å². The molecule has 0 saturated carbocycles. The standard InChI is InChI=1S/C60H109N13O18/c1-17-20-21-22-23-24-26-38(49(80)71-41(29-33-64-55(86)90-59(11,12)13)50(81)72-42(30-34-65-56(87)91-60(14,15)16)51(82)73-46(37(4)74)52(83)61-19-3)69-44(76)35-67-48(79)40(28-32-63-54(85)89-58(8,9)10)70-45(77)36-66-47(78)39(68-43(75)25-18-2)27-31-62-53(84)88-57(5,6)7/h37-42,46,74H,17-36H2,1-16H3,(H,61,83)(H,62,84)(H,63,85)(H,64,86)(H,65,87)(H,66,78)(H,67,79)(H,68,75)(H,69,76)(H,70,77)(H,71,80)(H,72,81)(H,73,82). The van der Waals surface area contributed by atoms with Crippen LogP contribution >= 0.6 is 0 Å². The van der Waals surface area contributed by atoms with Crippen molar-refractivity contribution in [3.8, 4) is 0 Å². The normalized spacial score (nSPS) is 13.8. The molecule has 522 valence electrons. The van der Waals surface area contributed by atoms with Crippen molar-refractivity contribution in [1.29, 1.82) is 0 Å². The first-order valence-corrected chi connectivity index (χ1v) is 31.4. The summed E-state index contributed by atoms with van der Waals surface area (Å²) in [7, 11) is 0. The lowest BCUT2D eigenvalue weighted by Crippen LogP contribution is -2.60. The van der Waals surface area contributed by atoms with E-state index in [1.54, 1.807) is 96.9 Å². The maximum atomic E-state index is 14.5. The van der Waals surface area contributed by atoms with E-state index in [1.807, 2.05) is 6.92 Å². The van der Waals surface area contributed by atoms with Crippen molar-refractivity contribution < 1.29 is 86.4 Å². The highest BCUT2D eigenvalue weighted by Crippen LogP contribution is 2.13. The Morgan fingerprint density at radius 2 is 0.648 bits per heavy atom. The Hall–Kier alpha value is -7.73. The number of unbranched alkanes of at least 4 members (excludes halogenated alkanes) is 5. The molecule has 0 aliphatic carbocycles. The van der Waals surface area contributed by atoms with Crippen LogP contribution in [0.4, 0.5) is 19.2 Å². The van der Waals surface area contributed by atoms with E-state index in [0.717, 1.165) is 25.7 Å². The molecule has 0 saturated heterocycles. The topological polar surface area (TPSA) is 435 Å². The number of aliphatic hydroxyl groups is 1. The molecule has 0 heterocycles. The summed E-state index contributed by atoms with van der Waals surface area (Å²) in [5, 5.41) is 43.2. The van der Waals surface area contributed by atoms with E-state index in [2.05, 4.69) is 69.1 Å². The third kappa shape index (κ3) is 42.1. The lowest BCUT2D eigenvalue weighted by Gasteiger charge is -2.27. The molecular formula is C60H109N13O18. The van der Waals surface area contributed by atoms with Gasteiger partial charge in [-0.2, -0.15) is 0 Å². The zero-order valence-electron chi connectivity index (χ0n) is 56.6. The predicted molar refractivity (Wildman–Crippen MR) is 336 cm³/mol. The summed E-state index contributed by atoms with van der Waals surface area (Å²) in [5.41, 5.74) is -3.50. The maximum Gasteiger partial charge on any atom is 0.407 e. The Labute approximate surface area is 536 Å². The summed E-state index contributed by atoms with van der Waals surface area (Å²) in [4.78, 5) is 173. The fourth-order valence-corrected chi connectivity index (χ4v) is 8.06. The number of amides is 13. The van der Waals surface area contributed by atoms with Gasteiger partial charge < -0.3 is 93.2 Å². The van der Waals surface area contributed by atoms with Crippen molar-refractivity contribution in [1.82, 2.24) is 69.1 Å². The number of aliphatic hydroxyl groups excluding tert-OH is 1. The molecule has 0 aliphatic rings. The highest BCUT2D eigenvalue weighted by Gasteiger charge is 2.34. The lowest BCUT2D eigenvalue weighted by atomic mass is 10.0. The molecule has 0 radical (unpaired) electrons. The van der Waals surface area contributed by atoms with Crippen LogP contribution in [0.5, 0.6) is 0 Å². The fourth-order valence-electron chi connectivity index (χ4n) is 8.06. The number of hydrogen-bond donors (Lipinski definition) is 14. The van der Waals surface area contributed by atoms with Gasteiger partial charge in [0.25, 0.3) is 0 Å². The first kappa shape index (κ1) is 83.3. The van der Waals surface area contributed by atoms with Gasteiger partial charge in [0, 0.05) is 39.1 Å². The van der Waals surface area contributed by atoms with Crippen LogP contribution < -0.4 is 69.1 Å². The third-order valence-electron chi connectivity index (χ3n) is 12.2. The van der Waals surface area contributed by atoms with E-state index in [0.29, 0.717) is 19.3 Å². The number of rotatable bonds is 39. The largest absolute Gasteiger partial charge is 0.444 e. The van der Waals surface area contributed by atoms with Crippen LogP contribution in [0.15, 0.2) is 0 Å². The van der Waals surface area contributed by atoms with Gasteiger partial charge in [0.1, 0.15) is 58.7 Å². The molecule has 0 aromatic carbocycles. The van der Waals surface area contributed by atoms with Gasteiger partial charge >= 0.3 is 24.4 Å². The molecule has 91 heavy (non-hydrogen) atoms. The van der Waals surface area contributed by atoms with Crippen LogP contribution in [0, 0.1) is 0 Å². The molecule has 0 fully saturated rings. The second kappa shape index (κ2) is 42.4. The predicted octanol–water partition coefficient (Wildman–Crippen LogP) is 1.85. The molecule has 0 aliphatic heterocycles. The molecule has 0 spiro atoms. The number of carbonyl (C=O) groups excluding carboxylic acids is 13. The highest BCUT2D eigenvalue weighted by atomic mass is 16.6. The van der Waals surface area contributed by atoms with Gasteiger partial charge in [-0.05, 0) is 135 Å². The minimum Gasteiger partial charge on any atom is -0.444 e. The number of nitrogens with one attached hydrogen (secondary N) is 13. The van der Waals surface area contributed by atoms with Crippen molar-refractivity contribution in [3.63, 3.8) is 0 Å². The van der Waals surface area contributed by atoms with E-state index in [1.165, 1.54) is 6.92 Å². The molecule has 7 unspecified atom stereocenters. The highest BCUT2D eigenvalue weighted by molar-refractivity contribution is 5.97. The summed E-state index contributed by atoms with van der Waals surface area (Å²) in [6.45, 7) is 24.2. The van der Waals surface area contributed by atoms with Crippen LogP contribution in [-0.4, -0.2) is 193 Å². The van der Waals surface area contributed by atoms with Crippen LogP contribution in [0.2, 0.25) is 0 Å². The van der Waals surface area contributed by atoms with E-state index < -0.39 is 155 Å². The molecular weight excluding hydrogens is 1190 g/mol. The van der Waals surface area contributed by atoms with Crippen molar-refractivity contribution >= 4 is 77.5 Å². The van der Waals surface area contributed by atoms with Crippen molar-refractivity contribution in [2.45, 2.75) is 259 Å². The van der Waals surface area contributed by atoms with Gasteiger partial charge in [-0.15, -0.1) is 0 Å². The van der Waals surface area contributed by atoms with Gasteiger partial charge in [-0.1, -0.05) is 52.4 Å². The molecule has 0 aromatic heterocycles. The number of alkyl carbamates (subject to hydrolysis) is 4. The molecule has 0 aromatic rings. The van der Waals surface area contributed by atoms with Gasteiger partial charge in [-0.3, -0.25) is 43.2 Å². The number of likely N-dealkylation sites (N-methyl/N-ethyl adjacent to an activating group) is 1.